The number of nitrogens with one attached hydrogen (secondary N) is 1. The van der Waals surface area contributed by atoms with E-state index in [1.165, 1.54) is 37.1 Å². The van der Waals surface area contributed by atoms with Gasteiger partial charge in [0, 0.05) is 43.5 Å². The molecule has 0 spiro atoms. The van der Waals surface area contributed by atoms with Gasteiger partial charge in [-0.25, -0.2) is 4.98 Å². The van der Waals surface area contributed by atoms with Crippen molar-refractivity contribution in [3.05, 3.63) is 63.8 Å². The van der Waals surface area contributed by atoms with E-state index in [-0.39, 0.29) is 11.6 Å². The lowest BCUT2D eigenvalue weighted by atomic mass is 9.99. The monoisotopic (exact) mass is 354 g/mol. The summed E-state index contributed by atoms with van der Waals surface area (Å²) in [4.78, 5) is 29.1. The third-order valence-corrected chi connectivity index (χ3v) is 4.71. The molecule has 1 saturated heterocycles. The normalized spacial score (nSPS) is 14.9. The van der Waals surface area contributed by atoms with Crippen LogP contribution in [0.15, 0.2) is 42.6 Å². The number of hydrogen-bond acceptors (Lipinski definition) is 5. The molecular formula is C19H22N4O3. The molecule has 0 atom stereocenters. The molecule has 1 fully saturated rings. The van der Waals surface area contributed by atoms with Crippen LogP contribution >= 0.6 is 0 Å². The van der Waals surface area contributed by atoms with Gasteiger partial charge in [0.1, 0.15) is 5.82 Å². The standard InChI is InChI=1S/C19H22N4O3/c1-14-8-10-22(11-9-14)18-7-2-15(12-20-18)13-21-19(24)16-3-5-17(6-4-16)23(25)26/h2-7,12,14H,8-11,13H2,1H3,(H,21,24). The van der Waals surface area contributed by atoms with E-state index in [0.29, 0.717) is 12.1 Å². The maximum Gasteiger partial charge on any atom is 0.269 e. The molecule has 0 radical (unpaired) electrons. The molecule has 1 aromatic heterocycles. The summed E-state index contributed by atoms with van der Waals surface area (Å²) in [5.74, 6) is 1.48. The Balaban J connectivity index is 1.54. The molecule has 1 N–H and O–H groups in total. The maximum absolute atomic E-state index is 12.1. The topological polar surface area (TPSA) is 88.4 Å². The summed E-state index contributed by atoms with van der Waals surface area (Å²) < 4.78 is 0. The van der Waals surface area contributed by atoms with Crippen molar-refractivity contribution in [2.24, 2.45) is 5.92 Å². The van der Waals surface area contributed by atoms with Crippen LogP contribution in [0, 0.1) is 16.0 Å². The second-order valence-corrected chi connectivity index (χ2v) is 6.68. The van der Waals surface area contributed by atoms with E-state index in [0.717, 1.165) is 30.4 Å². The smallest absolute Gasteiger partial charge is 0.269 e. The van der Waals surface area contributed by atoms with Gasteiger partial charge in [-0.15, -0.1) is 0 Å². The Labute approximate surface area is 152 Å². The van der Waals surface area contributed by atoms with Gasteiger partial charge in [-0.1, -0.05) is 13.0 Å². The van der Waals surface area contributed by atoms with Crippen molar-refractivity contribution in [2.75, 3.05) is 18.0 Å². The molecule has 26 heavy (non-hydrogen) atoms. The summed E-state index contributed by atoms with van der Waals surface area (Å²) in [7, 11) is 0. The highest BCUT2D eigenvalue weighted by Gasteiger charge is 2.16. The summed E-state index contributed by atoms with van der Waals surface area (Å²) in [6.07, 6.45) is 4.16. The van der Waals surface area contributed by atoms with Crippen LogP contribution in [-0.2, 0) is 6.54 Å². The third-order valence-electron chi connectivity index (χ3n) is 4.71. The molecule has 2 heterocycles. The Morgan fingerprint density at radius 3 is 2.50 bits per heavy atom. The number of aromatic nitrogens is 1. The molecular weight excluding hydrogens is 332 g/mol. The average molecular weight is 354 g/mol. The number of benzene rings is 1. The van der Waals surface area contributed by atoms with E-state index in [4.69, 9.17) is 0 Å². The highest BCUT2D eigenvalue weighted by molar-refractivity contribution is 5.94. The second kappa shape index (κ2) is 7.95. The lowest BCUT2D eigenvalue weighted by molar-refractivity contribution is -0.384. The van der Waals surface area contributed by atoms with E-state index < -0.39 is 4.92 Å². The zero-order valence-corrected chi connectivity index (χ0v) is 14.7. The molecule has 0 saturated carbocycles. The summed E-state index contributed by atoms with van der Waals surface area (Å²) >= 11 is 0. The predicted octanol–water partition coefficient (Wildman–Crippen LogP) is 3.16. The molecule has 7 heteroatoms. The largest absolute Gasteiger partial charge is 0.357 e. The first kappa shape index (κ1) is 17.8. The minimum Gasteiger partial charge on any atom is -0.357 e. The molecule has 0 aliphatic carbocycles. The minimum atomic E-state index is -0.488. The van der Waals surface area contributed by atoms with Gasteiger partial charge in [0.25, 0.3) is 11.6 Å². The molecule has 3 rings (SSSR count). The van der Waals surface area contributed by atoms with Crippen molar-refractivity contribution in [2.45, 2.75) is 26.3 Å². The van der Waals surface area contributed by atoms with Gasteiger partial charge >= 0.3 is 0 Å². The second-order valence-electron chi connectivity index (χ2n) is 6.68. The summed E-state index contributed by atoms with van der Waals surface area (Å²) in [6, 6.07) is 9.51. The van der Waals surface area contributed by atoms with Crippen LogP contribution < -0.4 is 10.2 Å². The summed E-state index contributed by atoms with van der Waals surface area (Å²) in [5.41, 5.74) is 1.27. The molecule has 1 aromatic carbocycles. The van der Waals surface area contributed by atoms with Crippen molar-refractivity contribution in [3.63, 3.8) is 0 Å². The molecule has 0 bridgehead atoms. The van der Waals surface area contributed by atoms with Crippen molar-refractivity contribution in [1.29, 1.82) is 0 Å². The highest BCUT2D eigenvalue weighted by Crippen LogP contribution is 2.21. The fourth-order valence-corrected chi connectivity index (χ4v) is 2.96. The van der Waals surface area contributed by atoms with Crippen molar-refractivity contribution in [1.82, 2.24) is 10.3 Å². The average Bonchev–Trinajstić information content (AvgIpc) is 2.67. The van der Waals surface area contributed by atoms with E-state index in [2.05, 4.69) is 22.1 Å². The number of nitro benzene ring substituents is 1. The number of non-ortho nitro benzene ring substituents is 1. The molecule has 7 nitrogen and oxygen atoms in total. The third kappa shape index (κ3) is 4.36. The number of piperidine rings is 1. The van der Waals surface area contributed by atoms with E-state index in [9.17, 15) is 14.9 Å². The number of rotatable bonds is 5. The molecule has 0 unspecified atom stereocenters. The molecule has 1 aliphatic rings. The first-order valence-electron chi connectivity index (χ1n) is 8.75. The van der Waals surface area contributed by atoms with Crippen molar-refractivity contribution < 1.29 is 9.72 Å². The Morgan fingerprint density at radius 2 is 1.92 bits per heavy atom. The van der Waals surface area contributed by atoms with Gasteiger partial charge in [-0.3, -0.25) is 14.9 Å². The minimum absolute atomic E-state index is 0.0338. The number of pyridine rings is 1. The van der Waals surface area contributed by atoms with E-state index >= 15 is 0 Å². The SMILES string of the molecule is CC1CCN(c2ccc(CNC(=O)c3ccc([N+](=O)[O-])cc3)cn2)CC1. The predicted molar refractivity (Wildman–Crippen MR) is 99.1 cm³/mol. The van der Waals surface area contributed by atoms with Gasteiger partial charge in [0.2, 0.25) is 0 Å². The number of hydrogen-bond donors (Lipinski definition) is 1. The Morgan fingerprint density at radius 1 is 1.23 bits per heavy atom. The summed E-state index contributed by atoms with van der Waals surface area (Å²) in [5, 5.41) is 13.5. The van der Waals surface area contributed by atoms with E-state index in [1.54, 1.807) is 6.20 Å². The fraction of sp³-hybridized carbons (Fsp3) is 0.368. The van der Waals surface area contributed by atoms with Crippen LogP contribution in [0.5, 0.6) is 0 Å². The van der Waals surface area contributed by atoms with Crippen LogP contribution in [0.1, 0.15) is 35.7 Å². The van der Waals surface area contributed by atoms with Crippen LogP contribution in [0.25, 0.3) is 0 Å². The first-order valence-corrected chi connectivity index (χ1v) is 8.75. The number of amides is 1. The van der Waals surface area contributed by atoms with Gasteiger partial charge in [-0.2, -0.15) is 0 Å². The van der Waals surface area contributed by atoms with Crippen LogP contribution in [0.4, 0.5) is 11.5 Å². The van der Waals surface area contributed by atoms with Crippen LogP contribution in [0.2, 0.25) is 0 Å². The number of nitrogens with zero attached hydrogens (tertiary/aromatic N) is 3. The fourth-order valence-electron chi connectivity index (χ4n) is 2.96. The molecule has 1 amide bonds. The Hall–Kier alpha value is -2.96. The van der Waals surface area contributed by atoms with Crippen molar-refractivity contribution >= 4 is 17.4 Å². The van der Waals surface area contributed by atoms with Gasteiger partial charge < -0.3 is 10.2 Å². The summed E-state index contributed by atoms with van der Waals surface area (Å²) in [6.45, 7) is 4.70. The lowest BCUT2D eigenvalue weighted by Gasteiger charge is -2.31. The molecule has 1 aliphatic heterocycles. The number of nitro groups is 1. The maximum atomic E-state index is 12.1. The van der Waals surface area contributed by atoms with Gasteiger partial charge in [0.05, 0.1) is 4.92 Å². The molecule has 2 aromatic rings. The number of carbonyl (C=O) groups is 1. The zero-order valence-electron chi connectivity index (χ0n) is 14.7. The molecule has 136 valence electrons. The van der Waals surface area contributed by atoms with Crippen LogP contribution in [-0.4, -0.2) is 28.9 Å². The zero-order chi connectivity index (χ0) is 18.5. The number of anilines is 1. The van der Waals surface area contributed by atoms with Crippen LogP contribution in [0.3, 0.4) is 0 Å². The van der Waals surface area contributed by atoms with E-state index in [1.807, 2.05) is 12.1 Å². The quantitative estimate of drug-likeness (QED) is 0.658. The Bertz CT molecular complexity index is 766. The lowest BCUT2D eigenvalue weighted by Crippen LogP contribution is -2.33. The van der Waals surface area contributed by atoms with Gasteiger partial charge in [-0.05, 0) is 42.5 Å². The first-order chi connectivity index (χ1) is 12.5. The highest BCUT2D eigenvalue weighted by atomic mass is 16.6. The number of carbonyl (C=O) groups excluding carboxylic acids is 1. The Kier molecular flexibility index (Phi) is 5.46. The van der Waals surface area contributed by atoms with Gasteiger partial charge in [0.15, 0.2) is 0 Å². The van der Waals surface area contributed by atoms with Crippen molar-refractivity contribution in [3.8, 4) is 0 Å².